The second-order valence-corrected chi connectivity index (χ2v) is 12.5. The van der Waals surface area contributed by atoms with Crippen LogP contribution in [0.3, 0.4) is 0 Å². The molecule has 1 aromatic rings. The van der Waals surface area contributed by atoms with Gasteiger partial charge in [0.2, 0.25) is 0 Å². The van der Waals surface area contributed by atoms with Crippen LogP contribution in [0.2, 0.25) is 0 Å². The zero-order chi connectivity index (χ0) is 25.2. The predicted molar refractivity (Wildman–Crippen MR) is 121 cm³/mol. The summed E-state index contributed by atoms with van der Waals surface area (Å²) >= 11 is 0. The van der Waals surface area contributed by atoms with Crippen LogP contribution < -0.4 is 0 Å². The first-order valence-electron chi connectivity index (χ1n) is 12.6. The van der Waals surface area contributed by atoms with Gasteiger partial charge >= 0.3 is 11.9 Å². The van der Waals surface area contributed by atoms with Crippen LogP contribution in [0, 0.1) is 34.0 Å². The molecule has 190 valence electrons. The molecule has 5 aliphatic rings. The fourth-order valence-corrected chi connectivity index (χ4v) is 9.38. The number of hydrogen-bond donors (Lipinski definition) is 1. The number of methoxy groups -OCH3 is 1. The summed E-state index contributed by atoms with van der Waals surface area (Å²) in [6, 6.07) is 1.77. The first kappa shape index (κ1) is 23.2. The van der Waals surface area contributed by atoms with Gasteiger partial charge in [-0.05, 0) is 36.7 Å². The molecule has 5 fully saturated rings. The van der Waals surface area contributed by atoms with Crippen molar-refractivity contribution in [2.45, 2.75) is 83.2 Å². The van der Waals surface area contributed by atoms with Crippen molar-refractivity contribution in [1.82, 2.24) is 0 Å². The van der Waals surface area contributed by atoms with Crippen molar-refractivity contribution in [2.75, 3.05) is 7.11 Å². The van der Waals surface area contributed by atoms with Crippen molar-refractivity contribution in [2.24, 2.45) is 34.0 Å². The lowest BCUT2D eigenvalue weighted by molar-refractivity contribution is -0.316. The Morgan fingerprint density at radius 1 is 1.23 bits per heavy atom. The van der Waals surface area contributed by atoms with Gasteiger partial charge in [0.05, 0.1) is 32.2 Å². The Morgan fingerprint density at radius 3 is 2.63 bits per heavy atom. The number of carbonyl (C=O) groups excluding carboxylic acids is 3. The number of ketones is 1. The van der Waals surface area contributed by atoms with E-state index in [9.17, 15) is 19.5 Å². The van der Waals surface area contributed by atoms with Crippen molar-refractivity contribution in [3.05, 3.63) is 24.2 Å². The van der Waals surface area contributed by atoms with E-state index in [1.165, 1.54) is 13.4 Å². The Labute approximate surface area is 204 Å². The molecular weight excluding hydrogens is 452 g/mol. The quantitative estimate of drug-likeness (QED) is 0.648. The van der Waals surface area contributed by atoms with Gasteiger partial charge in [-0.3, -0.25) is 14.4 Å². The van der Waals surface area contributed by atoms with E-state index in [1.54, 1.807) is 12.3 Å². The molecule has 2 aliphatic heterocycles. The van der Waals surface area contributed by atoms with Crippen LogP contribution in [0.4, 0.5) is 0 Å². The van der Waals surface area contributed by atoms with Crippen molar-refractivity contribution in [1.29, 1.82) is 0 Å². The molecule has 3 bridgehead atoms. The lowest BCUT2D eigenvalue weighted by atomic mass is 9.37. The fraction of sp³-hybridized carbons (Fsp3) is 0.741. The van der Waals surface area contributed by atoms with E-state index in [-0.39, 0.29) is 36.4 Å². The summed E-state index contributed by atoms with van der Waals surface area (Å²) < 4.78 is 23.1. The highest BCUT2D eigenvalue weighted by Crippen LogP contribution is 2.77. The number of ether oxygens (including phenoxy) is 3. The number of Topliss-reactive ketones (excluding diaryl/α,β-unsaturated/α-hetero) is 1. The largest absolute Gasteiger partial charge is 0.472 e. The van der Waals surface area contributed by atoms with E-state index in [0.29, 0.717) is 24.8 Å². The monoisotopic (exact) mass is 486 g/mol. The normalized spacial score (nSPS) is 49.3. The number of esters is 2. The zero-order valence-electron chi connectivity index (χ0n) is 21.0. The maximum absolute atomic E-state index is 14.0. The summed E-state index contributed by atoms with van der Waals surface area (Å²) in [6.07, 6.45) is 3.39. The Balaban J connectivity index is 1.54. The molecule has 8 heteroatoms. The number of aliphatic hydroxyl groups is 1. The van der Waals surface area contributed by atoms with Crippen LogP contribution in [0.15, 0.2) is 23.0 Å². The molecule has 9 atom stereocenters. The smallest absolute Gasteiger partial charge is 0.309 e. The molecule has 3 heterocycles. The van der Waals surface area contributed by atoms with Crippen molar-refractivity contribution in [3.8, 4) is 0 Å². The Hall–Kier alpha value is -2.19. The highest BCUT2D eigenvalue weighted by molar-refractivity contribution is 5.92. The third kappa shape index (κ3) is 2.43. The Morgan fingerprint density at radius 2 is 1.97 bits per heavy atom. The van der Waals surface area contributed by atoms with Crippen LogP contribution in [0.5, 0.6) is 0 Å². The molecule has 6 rings (SSSR count). The Kier molecular flexibility index (Phi) is 4.49. The van der Waals surface area contributed by atoms with Crippen LogP contribution in [-0.2, 0) is 28.6 Å². The van der Waals surface area contributed by atoms with E-state index < -0.39 is 51.5 Å². The summed E-state index contributed by atoms with van der Waals surface area (Å²) in [5.41, 5.74) is -4.18. The van der Waals surface area contributed by atoms with Gasteiger partial charge in [0, 0.05) is 34.7 Å². The number of furan rings is 1. The molecule has 8 nitrogen and oxygen atoms in total. The molecule has 0 amide bonds. The van der Waals surface area contributed by atoms with Gasteiger partial charge in [0.25, 0.3) is 0 Å². The number of rotatable bonds is 3. The Bertz CT molecular complexity index is 1110. The first-order chi connectivity index (χ1) is 16.4. The van der Waals surface area contributed by atoms with Gasteiger partial charge in [-0.2, -0.15) is 0 Å². The van der Waals surface area contributed by atoms with Crippen LogP contribution in [0.1, 0.15) is 71.5 Å². The van der Waals surface area contributed by atoms with E-state index >= 15 is 0 Å². The molecule has 35 heavy (non-hydrogen) atoms. The van der Waals surface area contributed by atoms with Crippen LogP contribution in [-0.4, -0.2) is 47.2 Å². The number of carbonyl (C=O) groups is 3. The van der Waals surface area contributed by atoms with Crippen LogP contribution in [0.25, 0.3) is 0 Å². The summed E-state index contributed by atoms with van der Waals surface area (Å²) in [4.78, 5) is 39.6. The maximum Gasteiger partial charge on any atom is 0.309 e. The lowest BCUT2D eigenvalue weighted by Crippen LogP contribution is -2.76. The lowest BCUT2D eigenvalue weighted by Gasteiger charge is -2.67. The predicted octanol–water partition coefficient (Wildman–Crippen LogP) is 3.37. The standard InChI is InChI=1S/C27H34O8/c1-23(2)17(10-18(28)32-5)25(4)16-6-8-24(3)21(14-7-9-33-13-14)34-19(29)12-27(24,31)26(16)11-15(20(25)30)22(23)35-26/h7,9,13,15-17,21-22,31H,6,8,10-12H2,1-5H3/t15-,16+,17+,21+,22-,24+,25-,26+,27+/m1/s1. The molecule has 1 N–H and O–H groups in total. The molecule has 0 radical (unpaired) electrons. The molecule has 1 spiro atoms. The third-order valence-electron chi connectivity index (χ3n) is 11.0. The highest BCUT2D eigenvalue weighted by Gasteiger charge is 2.84. The fourth-order valence-electron chi connectivity index (χ4n) is 9.38. The SMILES string of the molecule is COC(=O)C[C@H]1C(C)(C)[C@@H]2O[C@@]34C[C@@H]2C(=O)[C@]1(C)[C@@H]3CC[C@@]1(C)[C@H](c2ccoc2)OC(=O)C[C@]14O. The third-order valence-corrected chi connectivity index (χ3v) is 11.0. The molecule has 0 aromatic carbocycles. The van der Waals surface area contributed by atoms with Crippen LogP contribution >= 0.6 is 0 Å². The molecule has 1 aromatic heterocycles. The maximum atomic E-state index is 14.0. The number of cyclic esters (lactones) is 1. The number of fused-ring (bicyclic) bond motifs is 3. The highest BCUT2D eigenvalue weighted by atomic mass is 16.6. The van der Waals surface area contributed by atoms with Gasteiger partial charge in [0.1, 0.15) is 23.1 Å². The second-order valence-electron chi connectivity index (χ2n) is 12.5. The summed E-state index contributed by atoms with van der Waals surface area (Å²) in [5, 5.41) is 12.8. The molecule has 2 saturated heterocycles. The molecule has 3 aliphatic carbocycles. The molecule has 3 saturated carbocycles. The van der Waals surface area contributed by atoms with Gasteiger partial charge in [-0.15, -0.1) is 0 Å². The minimum absolute atomic E-state index is 0.111. The van der Waals surface area contributed by atoms with Gasteiger partial charge in [0.15, 0.2) is 0 Å². The molecular formula is C27H34O8. The zero-order valence-corrected chi connectivity index (χ0v) is 21.0. The summed E-state index contributed by atoms with van der Waals surface area (Å²) in [5.74, 6) is -1.76. The van der Waals surface area contributed by atoms with E-state index in [4.69, 9.17) is 18.6 Å². The summed E-state index contributed by atoms with van der Waals surface area (Å²) in [7, 11) is 1.36. The van der Waals surface area contributed by atoms with E-state index in [1.807, 2.05) is 13.8 Å². The summed E-state index contributed by atoms with van der Waals surface area (Å²) in [6.45, 7) is 8.05. The minimum Gasteiger partial charge on any atom is -0.472 e. The minimum atomic E-state index is -1.55. The molecule has 0 unspecified atom stereocenters. The van der Waals surface area contributed by atoms with E-state index in [0.717, 1.165) is 0 Å². The average molecular weight is 487 g/mol. The second kappa shape index (κ2) is 6.76. The topological polar surface area (TPSA) is 112 Å². The van der Waals surface area contributed by atoms with Crippen molar-refractivity contribution in [3.63, 3.8) is 0 Å². The van der Waals surface area contributed by atoms with Crippen molar-refractivity contribution >= 4 is 17.7 Å². The van der Waals surface area contributed by atoms with Crippen molar-refractivity contribution < 1.29 is 38.1 Å². The van der Waals surface area contributed by atoms with Gasteiger partial charge in [-0.25, -0.2) is 0 Å². The van der Waals surface area contributed by atoms with E-state index in [2.05, 4.69) is 13.8 Å². The van der Waals surface area contributed by atoms with Gasteiger partial charge < -0.3 is 23.7 Å². The average Bonchev–Trinajstić information content (AvgIpc) is 3.44. The first-order valence-corrected chi connectivity index (χ1v) is 12.6. The number of hydrogen-bond acceptors (Lipinski definition) is 8. The van der Waals surface area contributed by atoms with Gasteiger partial charge in [-0.1, -0.05) is 27.7 Å².